The van der Waals surface area contributed by atoms with Crippen molar-refractivity contribution in [3.05, 3.63) is 0 Å². The Hall–Kier alpha value is -3.85. The predicted octanol–water partition coefficient (Wildman–Crippen LogP) is -0.00500. The van der Waals surface area contributed by atoms with Crippen molar-refractivity contribution in [2.75, 3.05) is 13.3 Å². The summed E-state index contributed by atoms with van der Waals surface area (Å²) in [6, 6.07) is 0. The van der Waals surface area contributed by atoms with Gasteiger partial charge in [0.05, 0.1) is 0 Å². The molecule has 0 fully saturated rings. The van der Waals surface area contributed by atoms with Crippen molar-refractivity contribution in [1.29, 1.82) is 0 Å². The minimum absolute atomic E-state index is 0.344. The zero-order valence-electron chi connectivity index (χ0n) is 27.6. The van der Waals surface area contributed by atoms with Crippen LogP contribution < -0.4 is 31.9 Å². The van der Waals surface area contributed by atoms with Gasteiger partial charge in [-0.25, -0.2) is 13.6 Å². The Kier molecular flexibility index (Phi) is 12.6. The Morgan fingerprint density at radius 3 is 1.05 bits per heavy atom. The number of alkyl halides is 2. The lowest BCUT2D eigenvalue weighted by molar-refractivity contribution is -0.150. The van der Waals surface area contributed by atoms with Crippen molar-refractivity contribution in [3.63, 3.8) is 0 Å². The van der Waals surface area contributed by atoms with Crippen LogP contribution in [-0.4, -0.2) is 93.1 Å². The molecule has 0 spiro atoms. The number of rotatable bonds is 15. The van der Waals surface area contributed by atoms with Crippen molar-refractivity contribution in [2.45, 2.75) is 116 Å². The summed E-state index contributed by atoms with van der Waals surface area (Å²) in [6.45, 7) is 13.1. The van der Waals surface area contributed by atoms with E-state index in [4.69, 9.17) is 0 Å². The van der Waals surface area contributed by atoms with Crippen LogP contribution >= 0.6 is 0 Å². The fourth-order valence-electron chi connectivity index (χ4n) is 3.43. The number of carboxylic acids is 1. The van der Waals surface area contributed by atoms with Crippen LogP contribution in [0.4, 0.5) is 8.78 Å². The van der Waals surface area contributed by atoms with Crippen LogP contribution in [0.25, 0.3) is 0 Å². The average Bonchev–Trinajstić information content (AvgIpc) is 2.85. The summed E-state index contributed by atoms with van der Waals surface area (Å²) in [5, 5.41) is 23.4. The zero-order chi connectivity index (χ0) is 35.3. The third-order valence-electron chi connectivity index (χ3n) is 7.26. The maximum Gasteiger partial charge on any atom is 0.334 e. The van der Waals surface area contributed by atoms with Gasteiger partial charge in [-0.05, 0) is 68.2 Å². The van der Waals surface area contributed by atoms with Gasteiger partial charge in [0.25, 0.3) is 0 Å². The largest absolute Gasteiger partial charge is 0.479 e. The molecular formula is C28H48F2N6O8. The Bertz CT molecular complexity index is 1160. The molecule has 0 aliphatic heterocycles. The molecule has 44 heavy (non-hydrogen) atoms. The standard InChI is InChI=1S/C28H48F2N6O8/c1-15(2)27(12,31-16(3)37)21(42)35-25(8,9)19(40)33-23(4,5)17(38)32-24(6,7)18(39)34-26(10,11)20(41)36-28(13-29,14-30)22(43)44/h15H,13-14H2,1-12H3,(H,31,37)(H,32,38)(H,33,40)(H,34,39)(H,35,42)(H,36,41)(H,43,44)/t27-/m0/s1. The van der Waals surface area contributed by atoms with Crippen LogP contribution in [0.3, 0.4) is 0 Å². The van der Waals surface area contributed by atoms with Gasteiger partial charge < -0.3 is 37.0 Å². The van der Waals surface area contributed by atoms with Crippen molar-refractivity contribution in [3.8, 4) is 0 Å². The van der Waals surface area contributed by atoms with Crippen LogP contribution in [0.5, 0.6) is 0 Å². The van der Waals surface area contributed by atoms with E-state index < -0.39 is 88.0 Å². The number of hydrogen-bond acceptors (Lipinski definition) is 7. The molecule has 7 N–H and O–H groups in total. The van der Waals surface area contributed by atoms with Crippen molar-refractivity contribution in [2.24, 2.45) is 5.92 Å². The first-order valence-electron chi connectivity index (χ1n) is 13.8. The Morgan fingerprint density at radius 1 is 0.545 bits per heavy atom. The van der Waals surface area contributed by atoms with Gasteiger partial charge >= 0.3 is 5.97 Å². The van der Waals surface area contributed by atoms with E-state index in [-0.39, 0.29) is 5.92 Å². The molecule has 16 heteroatoms. The molecule has 252 valence electrons. The molecular weight excluding hydrogens is 586 g/mol. The minimum Gasteiger partial charge on any atom is -0.479 e. The second kappa shape index (κ2) is 13.8. The highest BCUT2D eigenvalue weighted by atomic mass is 19.1. The van der Waals surface area contributed by atoms with Gasteiger partial charge in [0.15, 0.2) is 5.54 Å². The summed E-state index contributed by atoms with van der Waals surface area (Å²) in [6.07, 6.45) is 0. The predicted molar refractivity (Wildman–Crippen MR) is 156 cm³/mol. The number of amides is 6. The maximum atomic E-state index is 13.3. The quantitative estimate of drug-likeness (QED) is 0.130. The maximum absolute atomic E-state index is 13.3. The minimum atomic E-state index is -2.84. The molecule has 0 rings (SSSR count). The molecule has 14 nitrogen and oxygen atoms in total. The first kappa shape index (κ1) is 40.1. The SMILES string of the molecule is CC(=O)N[C@](C)(C(=O)NC(C)(C)C(=O)NC(C)(C)C(=O)NC(C)(C)C(=O)NC(C)(C)C(=O)NC(CF)(CF)C(=O)O)C(C)C. The summed E-state index contributed by atoms with van der Waals surface area (Å²) < 4.78 is 26.7. The van der Waals surface area contributed by atoms with Crippen LogP contribution in [-0.2, 0) is 33.6 Å². The zero-order valence-corrected chi connectivity index (χ0v) is 27.6. The monoisotopic (exact) mass is 634 g/mol. The molecule has 0 aromatic heterocycles. The lowest BCUT2D eigenvalue weighted by Gasteiger charge is -2.38. The molecule has 6 amide bonds. The number of carbonyl (C=O) groups excluding carboxylic acids is 6. The topological polar surface area (TPSA) is 212 Å². The molecule has 0 unspecified atom stereocenters. The normalized spacial score (nSPS) is 14.1. The lowest BCUT2D eigenvalue weighted by atomic mass is 9.86. The van der Waals surface area contributed by atoms with E-state index in [1.807, 2.05) is 0 Å². The summed E-state index contributed by atoms with van der Waals surface area (Å²) in [7, 11) is 0. The van der Waals surface area contributed by atoms with Crippen LogP contribution in [0.15, 0.2) is 0 Å². The van der Waals surface area contributed by atoms with Crippen LogP contribution in [0.1, 0.15) is 83.1 Å². The highest BCUT2D eigenvalue weighted by molar-refractivity contribution is 6.01. The van der Waals surface area contributed by atoms with Crippen molar-refractivity contribution in [1.82, 2.24) is 31.9 Å². The molecule has 0 aliphatic carbocycles. The molecule has 1 atom stereocenters. The Labute approximate surface area is 256 Å². The number of carbonyl (C=O) groups is 7. The number of halogens is 2. The molecule has 0 bridgehead atoms. The summed E-state index contributed by atoms with van der Waals surface area (Å²) in [5.41, 5.74) is -11.0. The molecule has 0 aromatic rings. The fraction of sp³-hybridized carbons (Fsp3) is 0.750. The Balaban J connectivity index is 5.71. The number of nitrogens with one attached hydrogen (secondary N) is 6. The number of aliphatic carboxylic acids is 1. The van der Waals surface area contributed by atoms with E-state index in [2.05, 4.69) is 26.6 Å². The van der Waals surface area contributed by atoms with Gasteiger partial charge in [-0.1, -0.05) is 13.8 Å². The van der Waals surface area contributed by atoms with Gasteiger partial charge in [-0.15, -0.1) is 0 Å². The lowest BCUT2D eigenvalue weighted by Crippen LogP contribution is -2.70. The molecule has 0 aliphatic rings. The highest BCUT2D eigenvalue weighted by Gasteiger charge is 2.47. The van der Waals surface area contributed by atoms with E-state index in [9.17, 15) is 47.4 Å². The van der Waals surface area contributed by atoms with Gasteiger partial charge in [0.1, 0.15) is 41.0 Å². The van der Waals surface area contributed by atoms with Crippen molar-refractivity contribution < 1.29 is 47.4 Å². The summed E-state index contributed by atoms with van der Waals surface area (Å²) in [4.78, 5) is 88.3. The molecule has 0 heterocycles. The second-order valence-corrected chi connectivity index (χ2v) is 13.5. The first-order chi connectivity index (χ1) is 19.6. The molecule has 0 saturated carbocycles. The third kappa shape index (κ3) is 9.58. The molecule has 0 aromatic carbocycles. The molecule has 0 saturated heterocycles. The van der Waals surface area contributed by atoms with E-state index in [1.54, 1.807) is 19.2 Å². The highest BCUT2D eigenvalue weighted by Crippen LogP contribution is 2.20. The smallest absolute Gasteiger partial charge is 0.334 e. The second-order valence-electron chi connectivity index (χ2n) is 13.5. The van der Waals surface area contributed by atoms with Gasteiger partial charge in [-0.3, -0.25) is 28.8 Å². The van der Waals surface area contributed by atoms with E-state index in [0.717, 1.165) is 13.8 Å². The summed E-state index contributed by atoms with van der Waals surface area (Å²) in [5.74, 6) is -7.08. The van der Waals surface area contributed by atoms with E-state index >= 15 is 0 Å². The third-order valence-corrected chi connectivity index (χ3v) is 7.26. The van der Waals surface area contributed by atoms with E-state index in [0.29, 0.717) is 0 Å². The average molecular weight is 635 g/mol. The van der Waals surface area contributed by atoms with Crippen LogP contribution in [0.2, 0.25) is 0 Å². The van der Waals surface area contributed by atoms with E-state index in [1.165, 1.54) is 55.4 Å². The fourth-order valence-corrected chi connectivity index (χ4v) is 3.43. The van der Waals surface area contributed by atoms with Gasteiger partial charge in [0.2, 0.25) is 35.4 Å². The van der Waals surface area contributed by atoms with Crippen LogP contribution in [0, 0.1) is 5.92 Å². The van der Waals surface area contributed by atoms with Gasteiger partial charge in [-0.2, -0.15) is 0 Å². The number of carboxylic acid groups (broad SMARTS) is 1. The Morgan fingerprint density at radius 2 is 0.818 bits per heavy atom. The first-order valence-corrected chi connectivity index (χ1v) is 13.8. The summed E-state index contributed by atoms with van der Waals surface area (Å²) >= 11 is 0. The van der Waals surface area contributed by atoms with Crippen molar-refractivity contribution >= 4 is 41.4 Å². The molecule has 0 radical (unpaired) electrons. The number of hydrogen-bond donors (Lipinski definition) is 7. The van der Waals surface area contributed by atoms with Gasteiger partial charge in [0, 0.05) is 6.92 Å².